The van der Waals surface area contributed by atoms with E-state index in [0.717, 1.165) is 13.0 Å². The average Bonchev–Trinajstić information content (AvgIpc) is 2.88. The second-order valence-corrected chi connectivity index (χ2v) is 4.41. The van der Waals surface area contributed by atoms with Gasteiger partial charge in [-0.3, -0.25) is 5.32 Å². The molecule has 0 aromatic carbocycles. The highest BCUT2D eigenvalue weighted by Gasteiger charge is 2.18. The number of aromatic nitrogens is 2. The van der Waals surface area contributed by atoms with Crippen molar-refractivity contribution in [3.8, 4) is 0 Å². The summed E-state index contributed by atoms with van der Waals surface area (Å²) in [6.07, 6.45) is 2.55. The van der Waals surface area contributed by atoms with Gasteiger partial charge in [0.05, 0.1) is 18.8 Å². The zero-order valence-corrected chi connectivity index (χ0v) is 10.1. The predicted molar refractivity (Wildman–Crippen MR) is 64.0 cm³/mol. The van der Waals surface area contributed by atoms with Gasteiger partial charge < -0.3 is 10.1 Å². The second-order valence-electron chi connectivity index (χ2n) is 4.41. The summed E-state index contributed by atoms with van der Waals surface area (Å²) >= 11 is 0. The summed E-state index contributed by atoms with van der Waals surface area (Å²) in [5.41, 5.74) is 0. The normalized spacial score (nSPS) is 19.6. The number of anilines is 1. The third kappa shape index (κ3) is 2.97. The van der Waals surface area contributed by atoms with Gasteiger partial charge in [0.15, 0.2) is 0 Å². The molecule has 0 radical (unpaired) electrons. The first-order valence-electron chi connectivity index (χ1n) is 5.85. The topological polar surface area (TPSA) is 68.2 Å². The number of nitrogens with one attached hydrogen (secondary N) is 2. The number of urea groups is 1. The van der Waals surface area contributed by atoms with Crippen LogP contribution in [0.4, 0.5) is 10.6 Å². The molecule has 1 unspecified atom stereocenters. The summed E-state index contributed by atoms with van der Waals surface area (Å²) in [5.74, 6) is 0.705. The van der Waals surface area contributed by atoms with Crippen molar-refractivity contribution < 1.29 is 9.53 Å². The highest BCUT2D eigenvalue weighted by Crippen LogP contribution is 2.13. The lowest BCUT2D eigenvalue weighted by molar-refractivity contribution is 0.189. The maximum Gasteiger partial charge on any atom is 0.320 e. The number of hydrogen-bond donors (Lipinski definition) is 2. The molecule has 1 aliphatic rings. The zero-order valence-electron chi connectivity index (χ0n) is 10.1. The standard InChI is InChI=1S/C11H18N4O2/c1-8(2)15-10(3-5-12-15)14-11(16)13-9-4-6-17-7-9/h3,5,8-9H,4,6-7H2,1-2H3,(H2,13,14,16). The van der Waals surface area contributed by atoms with Crippen molar-refractivity contribution >= 4 is 11.8 Å². The Hall–Kier alpha value is -1.56. The monoisotopic (exact) mass is 238 g/mol. The van der Waals surface area contributed by atoms with Crippen molar-refractivity contribution in [1.82, 2.24) is 15.1 Å². The van der Waals surface area contributed by atoms with E-state index in [2.05, 4.69) is 15.7 Å². The van der Waals surface area contributed by atoms with Gasteiger partial charge in [-0.15, -0.1) is 0 Å². The van der Waals surface area contributed by atoms with E-state index >= 15 is 0 Å². The van der Waals surface area contributed by atoms with E-state index in [1.807, 2.05) is 13.8 Å². The molecule has 6 heteroatoms. The van der Waals surface area contributed by atoms with Crippen LogP contribution in [0.3, 0.4) is 0 Å². The lowest BCUT2D eigenvalue weighted by Crippen LogP contribution is -2.38. The van der Waals surface area contributed by atoms with Gasteiger partial charge in [0.1, 0.15) is 5.82 Å². The van der Waals surface area contributed by atoms with Gasteiger partial charge in [-0.05, 0) is 20.3 Å². The van der Waals surface area contributed by atoms with Crippen LogP contribution in [0.2, 0.25) is 0 Å². The first-order valence-corrected chi connectivity index (χ1v) is 5.85. The van der Waals surface area contributed by atoms with Crippen molar-refractivity contribution in [3.63, 3.8) is 0 Å². The van der Waals surface area contributed by atoms with Gasteiger partial charge in [0.25, 0.3) is 0 Å². The highest BCUT2D eigenvalue weighted by atomic mass is 16.5. The molecule has 2 N–H and O–H groups in total. The Morgan fingerprint density at radius 1 is 1.65 bits per heavy atom. The first kappa shape index (κ1) is 11.9. The summed E-state index contributed by atoms with van der Waals surface area (Å²) in [7, 11) is 0. The minimum Gasteiger partial charge on any atom is -0.379 e. The molecular weight excluding hydrogens is 220 g/mol. The van der Waals surface area contributed by atoms with Crippen LogP contribution in [-0.4, -0.2) is 35.1 Å². The smallest absolute Gasteiger partial charge is 0.320 e. The van der Waals surface area contributed by atoms with E-state index in [9.17, 15) is 4.79 Å². The predicted octanol–water partition coefficient (Wildman–Crippen LogP) is 1.37. The number of carbonyl (C=O) groups is 1. The molecule has 0 saturated carbocycles. The molecule has 2 heterocycles. The van der Waals surface area contributed by atoms with E-state index in [4.69, 9.17) is 4.74 Å². The van der Waals surface area contributed by atoms with E-state index in [-0.39, 0.29) is 18.1 Å². The maximum absolute atomic E-state index is 11.7. The fourth-order valence-electron chi connectivity index (χ4n) is 1.81. The van der Waals surface area contributed by atoms with Gasteiger partial charge in [0, 0.05) is 18.7 Å². The van der Waals surface area contributed by atoms with Crippen molar-refractivity contribution in [1.29, 1.82) is 0 Å². The Bertz CT molecular complexity index is 383. The van der Waals surface area contributed by atoms with E-state index in [1.165, 1.54) is 0 Å². The Labute approximate surface area is 100 Å². The van der Waals surface area contributed by atoms with Crippen LogP contribution in [-0.2, 0) is 4.74 Å². The van der Waals surface area contributed by atoms with Crippen LogP contribution in [0, 0.1) is 0 Å². The van der Waals surface area contributed by atoms with E-state index < -0.39 is 0 Å². The van der Waals surface area contributed by atoms with E-state index in [0.29, 0.717) is 12.4 Å². The molecule has 1 aromatic rings. The van der Waals surface area contributed by atoms with Gasteiger partial charge in [-0.1, -0.05) is 0 Å². The number of rotatable bonds is 3. The molecule has 2 amide bonds. The number of hydrogen-bond acceptors (Lipinski definition) is 3. The van der Waals surface area contributed by atoms with Crippen molar-refractivity contribution in [2.45, 2.75) is 32.4 Å². The Morgan fingerprint density at radius 3 is 3.12 bits per heavy atom. The molecule has 0 spiro atoms. The molecule has 1 aliphatic heterocycles. The fraction of sp³-hybridized carbons (Fsp3) is 0.636. The van der Waals surface area contributed by atoms with Crippen molar-refractivity contribution in [2.75, 3.05) is 18.5 Å². The number of ether oxygens (including phenoxy) is 1. The molecule has 94 valence electrons. The zero-order chi connectivity index (χ0) is 12.3. The van der Waals surface area contributed by atoms with Crippen LogP contribution < -0.4 is 10.6 Å². The van der Waals surface area contributed by atoms with E-state index in [1.54, 1.807) is 16.9 Å². The molecule has 0 bridgehead atoms. The molecule has 0 aliphatic carbocycles. The lowest BCUT2D eigenvalue weighted by atomic mass is 10.3. The summed E-state index contributed by atoms with van der Waals surface area (Å²) in [6, 6.07) is 1.91. The molecule has 6 nitrogen and oxygen atoms in total. The molecule has 1 aromatic heterocycles. The number of amides is 2. The summed E-state index contributed by atoms with van der Waals surface area (Å²) in [4.78, 5) is 11.7. The van der Waals surface area contributed by atoms with Crippen LogP contribution in [0.5, 0.6) is 0 Å². The second kappa shape index (κ2) is 5.18. The van der Waals surface area contributed by atoms with Crippen LogP contribution >= 0.6 is 0 Å². The number of nitrogens with zero attached hydrogens (tertiary/aromatic N) is 2. The van der Waals surface area contributed by atoms with Gasteiger partial charge in [-0.25, -0.2) is 9.48 Å². The maximum atomic E-state index is 11.7. The molecular formula is C11H18N4O2. The SMILES string of the molecule is CC(C)n1nccc1NC(=O)NC1CCOC1. The molecule has 1 saturated heterocycles. The third-order valence-electron chi connectivity index (χ3n) is 2.67. The quantitative estimate of drug-likeness (QED) is 0.835. The fourth-order valence-corrected chi connectivity index (χ4v) is 1.81. The van der Waals surface area contributed by atoms with Crippen LogP contribution in [0.1, 0.15) is 26.3 Å². The Morgan fingerprint density at radius 2 is 2.47 bits per heavy atom. The average molecular weight is 238 g/mol. The molecule has 1 fully saturated rings. The Kier molecular flexibility index (Phi) is 3.63. The highest BCUT2D eigenvalue weighted by molar-refractivity contribution is 5.88. The minimum atomic E-state index is -0.206. The first-order chi connectivity index (χ1) is 8.16. The van der Waals surface area contributed by atoms with Crippen molar-refractivity contribution in [3.05, 3.63) is 12.3 Å². The van der Waals surface area contributed by atoms with Gasteiger partial charge in [-0.2, -0.15) is 5.10 Å². The van der Waals surface area contributed by atoms with Gasteiger partial charge in [0.2, 0.25) is 0 Å². The summed E-state index contributed by atoms with van der Waals surface area (Å²) in [6.45, 7) is 5.34. The van der Waals surface area contributed by atoms with Crippen LogP contribution in [0.25, 0.3) is 0 Å². The molecule has 2 rings (SSSR count). The molecule has 17 heavy (non-hydrogen) atoms. The molecule has 1 atom stereocenters. The lowest BCUT2D eigenvalue weighted by Gasteiger charge is -2.14. The minimum absolute atomic E-state index is 0.116. The number of carbonyl (C=O) groups excluding carboxylic acids is 1. The third-order valence-corrected chi connectivity index (χ3v) is 2.67. The van der Waals surface area contributed by atoms with Crippen molar-refractivity contribution in [2.24, 2.45) is 0 Å². The largest absolute Gasteiger partial charge is 0.379 e. The Balaban J connectivity index is 1.90. The van der Waals surface area contributed by atoms with Gasteiger partial charge >= 0.3 is 6.03 Å². The summed E-state index contributed by atoms with van der Waals surface area (Å²) < 4.78 is 6.96. The van der Waals surface area contributed by atoms with Crippen LogP contribution in [0.15, 0.2) is 12.3 Å². The summed E-state index contributed by atoms with van der Waals surface area (Å²) in [5, 5.41) is 9.81.